The maximum absolute atomic E-state index is 2.00. The molecule has 0 saturated carbocycles. The zero-order valence-corrected chi connectivity index (χ0v) is 17.2. The van der Waals surface area contributed by atoms with Gasteiger partial charge in [0.1, 0.15) is 0 Å². The van der Waals surface area contributed by atoms with Gasteiger partial charge < -0.3 is 0 Å². The van der Waals surface area contributed by atoms with Gasteiger partial charge in [-0.15, -0.1) is 0 Å². The summed E-state index contributed by atoms with van der Waals surface area (Å²) in [6, 6.07) is 24.0. The third-order valence-electron chi connectivity index (χ3n) is 2.00. The van der Waals surface area contributed by atoms with E-state index in [4.69, 9.17) is 0 Å². The van der Waals surface area contributed by atoms with E-state index >= 15 is 0 Å². The number of hydrogen-bond acceptors (Lipinski definition) is 0. The van der Waals surface area contributed by atoms with Crippen molar-refractivity contribution in [1.29, 1.82) is 0 Å². The molecule has 2 aromatic rings. The van der Waals surface area contributed by atoms with Crippen molar-refractivity contribution in [2.45, 2.75) is 55.4 Å². The first-order chi connectivity index (χ1) is 11.8. The standard InChI is InChI=1S/2C6H6.2C4H8.2C2H6/c2*1-2-4-6-5-3-1;2*1-3-4-2;2*1-2/h2*1-6H;2*3-4H,1-2H3;2*1-2H3. The topological polar surface area (TPSA) is 0 Å². The molecule has 0 nitrogen and oxygen atoms in total. The van der Waals surface area contributed by atoms with Crippen molar-refractivity contribution in [3.63, 3.8) is 0 Å². The van der Waals surface area contributed by atoms with Crippen molar-refractivity contribution >= 4 is 0 Å². The zero-order chi connectivity index (χ0) is 19.3. The van der Waals surface area contributed by atoms with Gasteiger partial charge in [0.2, 0.25) is 0 Å². The molecule has 0 aromatic heterocycles. The molecule has 0 spiro atoms. The molecule has 0 fully saturated rings. The Balaban J connectivity index is -0.000000106. The van der Waals surface area contributed by atoms with E-state index in [1.165, 1.54) is 0 Å². The van der Waals surface area contributed by atoms with Crippen LogP contribution in [0.25, 0.3) is 0 Å². The number of hydrogen-bond donors (Lipinski definition) is 0. The van der Waals surface area contributed by atoms with E-state index in [0.29, 0.717) is 0 Å². The third kappa shape index (κ3) is 50.2. The van der Waals surface area contributed by atoms with Crippen LogP contribution in [0.1, 0.15) is 55.4 Å². The molecule has 0 heterocycles. The summed E-state index contributed by atoms with van der Waals surface area (Å²) in [5, 5.41) is 0. The second-order valence-electron chi connectivity index (χ2n) is 3.64. The molecule has 0 bridgehead atoms. The highest BCUT2D eigenvalue weighted by Gasteiger charge is 1.58. The Labute approximate surface area is 153 Å². The Morgan fingerprint density at radius 3 is 0.417 bits per heavy atom. The molecule has 24 heavy (non-hydrogen) atoms. The minimum absolute atomic E-state index is 2.00. The van der Waals surface area contributed by atoms with E-state index < -0.39 is 0 Å². The van der Waals surface area contributed by atoms with Gasteiger partial charge >= 0.3 is 0 Å². The lowest BCUT2D eigenvalue weighted by atomic mass is 10.4. The quantitative estimate of drug-likeness (QED) is 0.425. The number of rotatable bonds is 0. The predicted octanol–water partition coefficient (Wildman–Crippen LogP) is 8.59. The summed E-state index contributed by atoms with van der Waals surface area (Å²) >= 11 is 0. The molecular weight excluding hydrogens is 288 g/mol. The van der Waals surface area contributed by atoms with Gasteiger partial charge in [0.05, 0.1) is 0 Å². The van der Waals surface area contributed by atoms with Crippen LogP contribution in [-0.4, -0.2) is 0 Å². The van der Waals surface area contributed by atoms with E-state index in [9.17, 15) is 0 Å². The molecule has 0 unspecified atom stereocenters. The Bertz CT molecular complexity index is 282. The van der Waals surface area contributed by atoms with Gasteiger partial charge in [0, 0.05) is 0 Å². The fourth-order valence-electron chi connectivity index (χ4n) is 0.770. The predicted molar refractivity (Wildman–Crippen MR) is 117 cm³/mol. The van der Waals surface area contributed by atoms with Crippen LogP contribution in [0.5, 0.6) is 0 Å². The molecule has 2 aromatic carbocycles. The molecule has 0 aliphatic heterocycles. The highest BCUT2D eigenvalue weighted by molar-refractivity contribution is 4.99. The summed E-state index contributed by atoms with van der Waals surface area (Å²) in [6.45, 7) is 16.0. The van der Waals surface area contributed by atoms with E-state index in [1.54, 1.807) is 0 Å². The fraction of sp³-hybridized carbons (Fsp3) is 0.333. The van der Waals surface area contributed by atoms with Gasteiger partial charge in [-0.3, -0.25) is 0 Å². The molecule has 0 aliphatic carbocycles. The summed E-state index contributed by atoms with van der Waals surface area (Å²) in [5.74, 6) is 0. The van der Waals surface area contributed by atoms with Crippen molar-refractivity contribution in [3.05, 3.63) is 97.1 Å². The van der Waals surface area contributed by atoms with Crippen molar-refractivity contribution in [2.24, 2.45) is 0 Å². The van der Waals surface area contributed by atoms with Crippen molar-refractivity contribution < 1.29 is 0 Å². The smallest absolute Gasteiger partial charge is 0.0470 e. The Hall–Kier alpha value is -2.08. The van der Waals surface area contributed by atoms with Crippen LogP contribution in [0, 0.1) is 0 Å². The molecule has 0 aliphatic rings. The maximum atomic E-state index is 2.00. The Morgan fingerprint density at radius 2 is 0.375 bits per heavy atom. The minimum Gasteiger partial charge on any atom is -0.0919 e. The number of allylic oxidation sites excluding steroid dienone is 4. The molecule has 0 atom stereocenters. The SMILES string of the molecule is CC.CC.CC=CC.CC=CC.c1ccccc1.c1ccccc1. The summed E-state index contributed by atoms with van der Waals surface area (Å²) < 4.78 is 0. The first kappa shape index (κ1) is 29.9. The van der Waals surface area contributed by atoms with Crippen molar-refractivity contribution in [2.75, 3.05) is 0 Å². The molecule has 0 heteroatoms. The summed E-state index contributed by atoms with van der Waals surface area (Å²) in [4.78, 5) is 0. The van der Waals surface area contributed by atoms with Crippen LogP contribution in [0.4, 0.5) is 0 Å². The first-order valence-corrected chi connectivity index (χ1v) is 8.98. The van der Waals surface area contributed by atoms with E-state index in [2.05, 4.69) is 0 Å². The molecule has 0 N–H and O–H groups in total. The molecule has 136 valence electrons. The minimum atomic E-state index is 2.00. The highest BCUT2D eigenvalue weighted by Crippen LogP contribution is 1.80. The van der Waals surface area contributed by atoms with Crippen LogP contribution in [0.15, 0.2) is 97.1 Å². The zero-order valence-electron chi connectivity index (χ0n) is 17.2. The van der Waals surface area contributed by atoms with Crippen LogP contribution in [0.2, 0.25) is 0 Å². The van der Waals surface area contributed by atoms with Crippen LogP contribution in [0.3, 0.4) is 0 Å². The van der Waals surface area contributed by atoms with Gasteiger partial charge in [0.15, 0.2) is 0 Å². The van der Waals surface area contributed by atoms with Crippen LogP contribution < -0.4 is 0 Å². The lowest BCUT2D eigenvalue weighted by Gasteiger charge is -1.69. The monoisotopic (exact) mass is 328 g/mol. The Kier molecular flexibility index (Phi) is 53.3. The Morgan fingerprint density at radius 1 is 0.292 bits per heavy atom. The summed E-state index contributed by atoms with van der Waals surface area (Å²) in [6.07, 6.45) is 8.00. The van der Waals surface area contributed by atoms with Crippen molar-refractivity contribution in [1.82, 2.24) is 0 Å². The molecule has 2 rings (SSSR count). The second-order valence-corrected chi connectivity index (χ2v) is 3.64. The van der Waals surface area contributed by atoms with Gasteiger partial charge in [-0.05, 0) is 27.7 Å². The third-order valence-corrected chi connectivity index (χ3v) is 2.00. The van der Waals surface area contributed by atoms with Gasteiger partial charge in [-0.1, -0.05) is 125 Å². The van der Waals surface area contributed by atoms with E-state index in [-0.39, 0.29) is 0 Å². The largest absolute Gasteiger partial charge is 0.0919 e. The second kappa shape index (κ2) is 42.8. The molecular formula is C24H40. The lowest BCUT2D eigenvalue weighted by Crippen LogP contribution is -1.47. The van der Waals surface area contributed by atoms with Crippen molar-refractivity contribution in [3.8, 4) is 0 Å². The average Bonchev–Trinajstić information content (AvgIpc) is 2.74. The van der Waals surface area contributed by atoms with E-state index in [1.807, 2.05) is 152 Å². The molecule has 0 amide bonds. The molecule has 0 saturated heterocycles. The highest BCUT2D eigenvalue weighted by atomic mass is 13.7. The fourth-order valence-corrected chi connectivity index (χ4v) is 0.770. The van der Waals surface area contributed by atoms with Gasteiger partial charge in [0.25, 0.3) is 0 Å². The first-order valence-electron chi connectivity index (χ1n) is 8.98. The van der Waals surface area contributed by atoms with Crippen LogP contribution >= 0.6 is 0 Å². The lowest BCUT2D eigenvalue weighted by molar-refractivity contribution is 1.50. The molecule has 0 radical (unpaired) electrons. The maximum Gasteiger partial charge on any atom is -0.0470 e. The van der Waals surface area contributed by atoms with E-state index in [0.717, 1.165) is 0 Å². The van der Waals surface area contributed by atoms with Gasteiger partial charge in [-0.2, -0.15) is 0 Å². The van der Waals surface area contributed by atoms with Crippen LogP contribution in [-0.2, 0) is 0 Å². The summed E-state index contributed by atoms with van der Waals surface area (Å²) in [7, 11) is 0. The van der Waals surface area contributed by atoms with Gasteiger partial charge in [-0.25, -0.2) is 0 Å². The number of benzene rings is 2. The average molecular weight is 329 g/mol. The summed E-state index contributed by atoms with van der Waals surface area (Å²) in [5.41, 5.74) is 0. The normalized spacial score (nSPS) is 7.67.